The number of aromatic nitrogens is 1. The summed E-state index contributed by atoms with van der Waals surface area (Å²) >= 11 is 0. The number of nitrogen functional groups attached to an aromatic ring is 1. The van der Waals surface area contributed by atoms with Crippen molar-refractivity contribution in [2.45, 2.75) is 0 Å². The molecule has 0 amide bonds. The molecule has 5 heteroatoms. The first-order chi connectivity index (χ1) is 5.25. The summed E-state index contributed by atoms with van der Waals surface area (Å²) in [6.45, 7) is 0. The van der Waals surface area contributed by atoms with Crippen molar-refractivity contribution >= 4 is 18.2 Å². The number of hydrogen-bond donors (Lipinski definition) is 2. The SMILES string of the molecule is COc1cccnc1C(=N)N.Cl. The average molecular weight is 188 g/mol. The van der Waals surface area contributed by atoms with E-state index in [1.54, 1.807) is 18.3 Å². The van der Waals surface area contributed by atoms with E-state index in [2.05, 4.69) is 4.98 Å². The van der Waals surface area contributed by atoms with Crippen LogP contribution < -0.4 is 10.5 Å². The molecular weight excluding hydrogens is 178 g/mol. The van der Waals surface area contributed by atoms with E-state index in [0.29, 0.717) is 11.4 Å². The predicted octanol–water partition coefficient (Wildman–Crippen LogP) is 0.796. The van der Waals surface area contributed by atoms with E-state index >= 15 is 0 Å². The Labute approximate surface area is 76.7 Å². The van der Waals surface area contributed by atoms with Crippen LogP contribution in [0, 0.1) is 5.41 Å². The normalized spacial score (nSPS) is 8.42. The fourth-order valence-corrected chi connectivity index (χ4v) is 0.758. The van der Waals surface area contributed by atoms with Gasteiger partial charge in [0.1, 0.15) is 17.3 Å². The minimum atomic E-state index is -0.0811. The number of nitrogens with two attached hydrogens (primary N) is 1. The van der Waals surface area contributed by atoms with E-state index in [1.807, 2.05) is 0 Å². The number of hydrogen-bond acceptors (Lipinski definition) is 3. The van der Waals surface area contributed by atoms with Crippen molar-refractivity contribution in [3.63, 3.8) is 0 Å². The number of ether oxygens (including phenoxy) is 1. The van der Waals surface area contributed by atoms with E-state index in [0.717, 1.165) is 0 Å². The summed E-state index contributed by atoms with van der Waals surface area (Å²) in [6.07, 6.45) is 1.57. The molecule has 0 aliphatic rings. The zero-order valence-corrected chi connectivity index (χ0v) is 7.39. The molecule has 0 fully saturated rings. The molecule has 4 nitrogen and oxygen atoms in total. The van der Waals surface area contributed by atoms with Gasteiger partial charge in [0, 0.05) is 6.20 Å². The number of halogens is 1. The molecule has 1 rings (SSSR count). The van der Waals surface area contributed by atoms with Crippen LogP contribution in [0.1, 0.15) is 5.69 Å². The lowest BCUT2D eigenvalue weighted by atomic mass is 10.3. The molecule has 0 unspecified atom stereocenters. The van der Waals surface area contributed by atoms with Gasteiger partial charge in [0.15, 0.2) is 0 Å². The van der Waals surface area contributed by atoms with Gasteiger partial charge < -0.3 is 10.5 Å². The average Bonchev–Trinajstić information content (AvgIpc) is 2.04. The molecule has 0 bridgehead atoms. The second-order valence-electron chi connectivity index (χ2n) is 1.97. The number of nitrogens with zero attached hydrogens (tertiary/aromatic N) is 1. The summed E-state index contributed by atoms with van der Waals surface area (Å²) in [4.78, 5) is 3.87. The van der Waals surface area contributed by atoms with E-state index in [4.69, 9.17) is 15.9 Å². The second kappa shape index (κ2) is 4.56. The van der Waals surface area contributed by atoms with Gasteiger partial charge in [-0.1, -0.05) is 0 Å². The van der Waals surface area contributed by atoms with Gasteiger partial charge >= 0.3 is 0 Å². The summed E-state index contributed by atoms with van der Waals surface area (Å²) in [5.41, 5.74) is 5.62. The van der Waals surface area contributed by atoms with Gasteiger partial charge in [0.25, 0.3) is 0 Å². The molecule has 1 aromatic heterocycles. The zero-order valence-electron chi connectivity index (χ0n) is 6.57. The number of nitrogens with one attached hydrogen (secondary N) is 1. The molecule has 0 radical (unpaired) electrons. The lowest BCUT2D eigenvalue weighted by Crippen LogP contribution is -2.14. The van der Waals surface area contributed by atoms with Crippen molar-refractivity contribution in [1.29, 1.82) is 5.41 Å². The minimum Gasteiger partial charge on any atom is -0.494 e. The summed E-state index contributed by atoms with van der Waals surface area (Å²) in [7, 11) is 1.52. The lowest BCUT2D eigenvalue weighted by Gasteiger charge is -2.03. The number of methoxy groups -OCH3 is 1. The third kappa shape index (κ3) is 2.10. The van der Waals surface area contributed by atoms with Crippen LogP contribution in [0.3, 0.4) is 0 Å². The lowest BCUT2D eigenvalue weighted by molar-refractivity contribution is 0.412. The quantitative estimate of drug-likeness (QED) is 0.531. The maximum atomic E-state index is 7.11. The van der Waals surface area contributed by atoms with Crippen molar-refractivity contribution in [3.8, 4) is 5.75 Å². The highest BCUT2D eigenvalue weighted by atomic mass is 35.5. The summed E-state index contributed by atoms with van der Waals surface area (Å²) in [6, 6.07) is 3.44. The van der Waals surface area contributed by atoms with Crippen molar-refractivity contribution in [2.75, 3.05) is 7.11 Å². The fourth-order valence-electron chi connectivity index (χ4n) is 0.758. The van der Waals surface area contributed by atoms with Crippen LogP contribution in [-0.4, -0.2) is 17.9 Å². The smallest absolute Gasteiger partial charge is 0.148 e. The molecule has 0 saturated carbocycles. The van der Waals surface area contributed by atoms with E-state index in [9.17, 15) is 0 Å². The summed E-state index contributed by atoms with van der Waals surface area (Å²) in [5, 5.41) is 7.11. The number of amidine groups is 1. The largest absolute Gasteiger partial charge is 0.494 e. The molecule has 3 N–H and O–H groups in total. The van der Waals surface area contributed by atoms with Crippen LogP contribution in [0.4, 0.5) is 0 Å². The standard InChI is InChI=1S/C7H9N3O.ClH/c1-11-5-3-2-4-10-6(5)7(8)9;/h2-4H,1H3,(H3,8,9);1H. The Balaban J connectivity index is 0.00000121. The van der Waals surface area contributed by atoms with Crippen LogP contribution in [0.15, 0.2) is 18.3 Å². The van der Waals surface area contributed by atoms with E-state index < -0.39 is 0 Å². The molecule has 12 heavy (non-hydrogen) atoms. The van der Waals surface area contributed by atoms with Gasteiger partial charge in [0.2, 0.25) is 0 Å². The highest BCUT2D eigenvalue weighted by molar-refractivity contribution is 5.95. The topological polar surface area (TPSA) is 72.0 Å². The van der Waals surface area contributed by atoms with Crippen LogP contribution in [0.2, 0.25) is 0 Å². The molecular formula is C7H10ClN3O. The van der Waals surface area contributed by atoms with Gasteiger partial charge in [-0.3, -0.25) is 5.41 Å². The monoisotopic (exact) mass is 187 g/mol. The third-order valence-corrected chi connectivity index (χ3v) is 1.25. The van der Waals surface area contributed by atoms with Gasteiger partial charge in [-0.15, -0.1) is 12.4 Å². The zero-order chi connectivity index (χ0) is 8.27. The maximum absolute atomic E-state index is 7.11. The minimum absolute atomic E-state index is 0. The summed E-state index contributed by atoms with van der Waals surface area (Å²) < 4.78 is 4.92. The third-order valence-electron chi connectivity index (χ3n) is 1.25. The number of rotatable bonds is 2. The molecule has 1 heterocycles. The highest BCUT2D eigenvalue weighted by Gasteiger charge is 2.04. The van der Waals surface area contributed by atoms with Crippen molar-refractivity contribution in [2.24, 2.45) is 5.73 Å². The molecule has 0 saturated heterocycles. The van der Waals surface area contributed by atoms with Crippen molar-refractivity contribution < 1.29 is 4.74 Å². The van der Waals surface area contributed by atoms with Crippen LogP contribution in [0.25, 0.3) is 0 Å². The molecule has 0 atom stereocenters. The molecule has 1 aromatic rings. The summed E-state index contributed by atoms with van der Waals surface area (Å²) in [5.74, 6) is 0.447. The maximum Gasteiger partial charge on any atom is 0.148 e. The van der Waals surface area contributed by atoms with E-state index in [-0.39, 0.29) is 18.2 Å². The van der Waals surface area contributed by atoms with Gasteiger partial charge in [-0.25, -0.2) is 4.98 Å². The molecule has 0 aromatic carbocycles. The Kier molecular flexibility index (Phi) is 4.07. The Bertz CT molecular complexity index is 277. The first-order valence-electron chi connectivity index (χ1n) is 3.09. The van der Waals surface area contributed by atoms with Crippen LogP contribution in [0.5, 0.6) is 5.75 Å². The van der Waals surface area contributed by atoms with Crippen molar-refractivity contribution in [3.05, 3.63) is 24.0 Å². The Morgan fingerprint density at radius 3 is 2.75 bits per heavy atom. The molecule has 0 aliphatic heterocycles. The Morgan fingerprint density at radius 2 is 2.33 bits per heavy atom. The Morgan fingerprint density at radius 1 is 1.67 bits per heavy atom. The van der Waals surface area contributed by atoms with E-state index in [1.165, 1.54) is 7.11 Å². The molecule has 66 valence electrons. The first kappa shape index (κ1) is 10.7. The second-order valence-corrected chi connectivity index (χ2v) is 1.97. The van der Waals surface area contributed by atoms with Crippen LogP contribution in [-0.2, 0) is 0 Å². The van der Waals surface area contributed by atoms with Gasteiger partial charge in [-0.05, 0) is 12.1 Å². The Hall–Kier alpha value is -1.29. The van der Waals surface area contributed by atoms with Gasteiger partial charge in [-0.2, -0.15) is 0 Å². The molecule has 0 aliphatic carbocycles. The molecule has 0 spiro atoms. The van der Waals surface area contributed by atoms with Gasteiger partial charge in [0.05, 0.1) is 7.11 Å². The fraction of sp³-hybridized carbons (Fsp3) is 0.143. The first-order valence-corrected chi connectivity index (χ1v) is 3.09. The predicted molar refractivity (Wildman–Crippen MR) is 49.1 cm³/mol. The van der Waals surface area contributed by atoms with Crippen LogP contribution >= 0.6 is 12.4 Å². The highest BCUT2D eigenvalue weighted by Crippen LogP contribution is 2.12. The number of pyridine rings is 1. The van der Waals surface area contributed by atoms with Crippen molar-refractivity contribution in [1.82, 2.24) is 4.98 Å².